The molecule has 0 saturated heterocycles. The van der Waals surface area contributed by atoms with Crippen LogP contribution in [0.15, 0.2) is 243 Å². The van der Waals surface area contributed by atoms with E-state index in [2.05, 4.69) is 254 Å². The lowest BCUT2D eigenvalue weighted by Crippen LogP contribution is -2.12. The summed E-state index contributed by atoms with van der Waals surface area (Å²) in [5.41, 5.74) is 16.5. The Bertz CT molecular complexity index is 3400. The first-order valence-electron chi connectivity index (χ1n) is 21.4. The van der Waals surface area contributed by atoms with Crippen molar-refractivity contribution >= 4 is 49.4 Å². The maximum Gasteiger partial charge on any atom is 0.0546 e. The summed E-state index contributed by atoms with van der Waals surface area (Å²) in [4.78, 5) is 2.47. The molecule has 11 rings (SSSR count). The topological polar surface area (TPSA) is 3.24 Å². The number of hydrogen-bond acceptors (Lipinski definition) is 1. The van der Waals surface area contributed by atoms with Crippen LogP contribution in [0.4, 0.5) is 17.1 Å². The van der Waals surface area contributed by atoms with Gasteiger partial charge in [-0.3, -0.25) is 0 Å². The van der Waals surface area contributed by atoms with E-state index in [4.69, 9.17) is 0 Å². The Balaban J connectivity index is 1.10. The van der Waals surface area contributed by atoms with Crippen molar-refractivity contribution in [3.05, 3.63) is 248 Å². The largest absolute Gasteiger partial charge is 0.309 e. The molecule has 0 spiro atoms. The monoisotopic (exact) mass is 789 g/mol. The minimum absolute atomic E-state index is 1.08. The van der Waals surface area contributed by atoms with Crippen molar-refractivity contribution in [2.24, 2.45) is 0 Å². The predicted octanol–water partition coefficient (Wildman–Crippen LogP) is 17.3. The number of fused-ring (bicyclic) bond motifs is 4. The Labute approximate surface area is 363 Å². The molecule has 0 fully saturated rings. The minimum Gasteiger partial charge on any atom is -0.309 e. The average molecular weight is 790 g/mol. The van der Waals surface area contributed by atoms with Crippen LogP contribution in [0.2, 0.25) is 0 Å². The number of benzene rings is 11. The summed E-state index contributed by atoms with van der Waals surface area (Å²) in [6.45, 7) is 2.23. The van der Waals surface area contributed by atoms with Gasteiger partial charge in [0.1, 0.15) is 0 Å². The van der Waals surface area contributed by atoms with Crippen molar-refractivity contribution in [2.45, 2.75) is 6.92 Å². The van der Waals surface area contributed by atoms with Crippen molar-refractivity contribution in [1.29, 1.82) is 0 Å². The molecule has 0 aliphatic heterocycles. The molecule has 11 aromatic rings. The van der Waals surface area contributed by atoms with Crippen molar-refractivity contribution in [2.75, 3.05) is 4.90 Å². The molecule has 292 valence electrons. The smallest absolute Gasteiger partial charge is 0.0546 e. The first-order chi connectivity index (χ1) is 30.7. The average Bonchev–Trinajstić information content (AvgIpc) is 3.34. The van der Waals surface area contributed by atoms with E-state index in [0.29, 0.717) is 0 Å². The third-order valence-electron chi connectivity index (χ3n) is 12.4. The molecule has 0 atom stereocenters. The molecule has 0 unspecified atom stereocenters. The zero-order valence-corrected chi connectivity index (χ0v) is 34.5. The fraction of sp³-hybridized carbons (Fsp3) is 0.0164. The minimum atomic E-state index is 1.08. The zero-order valence-electron chi connectivity index (χ0n) is 34.5. The van der Waals surface area contributed by atoms with E-state index in [1.54, 1.807) is 0 Å². The van der Waals surface area contributed by atoms with Gasteiger partial charge in [-0.05, 0) is 120 Å². The van der Waals surface area contributed by atoms with Crippen LogP contribution in [0, 0.1) is 6.92 Å². The highest BCUT2D eigenvalue weighted by Gasteiger charge is 2.22. The van der Waals surface area contributed by atoms with E-state index >= 15 is 0 Å². The van der Waals surface area contributed by atoms with Crippen LogP contribution in [-0.4, -0.2) is 0 Å². The summed E-state index contributed by atoms with van der Waals surface area (Å²) < 4.78 is 0. The molecule has 1 nitrogen and oxygen atoms in total. The molecule has 11 aromatic carbocycles. The number of anilines is 3. The van der Waals surface area contributed by atoms with Crippen LogP contribution in [0.5, 0.6) is 0 Å². The molecule has 0 aliphatic carbocycles. The standard InChI is InChI=1S/C61H43N/c1-42-39-47(33-37-51(42)56-29-16-23-44-21-8-10-24-52(44)56)43-31-35-50(36-32-43)62(60-30-15-14-26-54(60)45-17-4-2-5-18-45)61-41-49(34-38-55(61)46-19-6-3-7-20-46)59-40-48-22-9-11-25-53(48)57-27-12-13-28-58(57)59/h2-41H,1H3. The van der Waals surface area contributed by atoms with E-state index in [-0.39, 0.29) is 0 Å². The number of rotatable bonds is 8. The van der Waals surface area contributed by atoms with Gasteiger partial charge in [0.25, 0.3) is 0 Å². The first-order valence-corrected chi connectivity index (χ1v) is 21.4. The normalized spacial score (nSPS) is 11.3. The molecule has 0 aliphatic rings. The van der Waals surface area contributed by atoms with Crippen LogP contribution in [0.1, 0.15) is 5.56 Å². The Hall–Kier alpha value is -8.00. The van der Waals surface area contributed by atoms with Crippen molar-refractivity contribution in [3.63, 3.8) is 0 Å². The predicted molar refractivity (Wildman–Crippen MR) is 266 cm³/mol. The Morgan fingerprint density at radius 2 is 0.790 bits per heavy atom. The summed E-state index contributed by atoms with van der Waals surface area (Å²) in [5, 5.41) is 7.54. The molecule has 0 heterocycles. The molecule has 0 amide bonds. The summed E-state index contributed by atoms with van der Waals surface area (Å²) in [7, 11) is 0. The molecule has 1 heteroatoms. The number of nitrogens with zero attached hydrogens (tertiary/aromatic N) is 1. The Morgan fingerprint density at radius 1 is 0.258 bits per heavy atom. The summed E-state index contributed by atoms with van der Waals surface area (Å²) in [5.74, 6) is 0. The van der Waals surface area contributed by atoms with E-state index in [9.17, 15) is 0 Å². The lowest BCUT2D eigenvalue weighted by Gasteiger charge is -2.30. The van der Waals surface area contributed by atoms with Crippen LogP contribution < -0.4 is 4.90 Å². The molecule has 0 aromatic heterocycles. The highest BCUT2D eigenvalue weighted by Crippen LogP contribution is 2.47. The quantitative estimate of drug-likeness (QED) is 0.139. The van der Waals surface area contributed by atoms with Crippen molar-refractivity contribution in [1.82, 2.24) is 0 Å². The van der Waals surface area contributed by atoms with Gasteiger partial charge in [-0.2, -0.15) is 0 Å². The molecular weight excluding hydrogens is 747 g/mol. The summed E-state index contributed by atoms with van der Waals surface area (Å²) >= 11 is 0. The lowest BCUT2D eigenvalue weighted by atomic mass is 9.91. The van der Waals surface area contributed by atoms with Gasteiger partial charge in [-0.25, -0.2) is 0 Å². The third-order valence-corrected chi connectivity index (χ3v) is 12.4. The van der Waals surface area contributed by atoms with Crippen molar-refractivity contribution in [3.8, 4) is 55.6 Å². The highest BCUT2D eigenvalue weighted by molar-refractivity contribution is 6.14. The fourth-order valence-electron chi connectivity index (χ4n) is 9.39. The number of para-hydroxylation sites is 1. The second-order valence-electron chi connectivity index (χ2n) is 16.1. The maximum atomic E-state index is 2.47. The van der Waals surface area contributed by atoms with Gasteiger partial charge in [0.15, 0.2) is 0 Å². The molecule has 0 radical (unpaired) electrons. The molecule has 0 N–H and O–H groups in total. The Kier molecular flexibility index (Phi) is 9.48. The first kappa shape index (κ1) is 37.0. The van der Waals surface area contributed by atoms with E-state index in [1.807, 2.05) is 0 Å². The second kappa shape index (κ2) is 15.9. The molecule has 0 bridgehead atoms. The zero-order chi connectivity index (χ0) is 41.4. The number of hydrogen-bond donors (Lipinski definition) is 0. The van der Waals surface area contributed by atoms with Crippen LogP contribution in [0.25, 0.3) is 88.0 Å². The summed E-state index contributed by atoms with van der Waals surface area (Å²) in [6, 6.07) is 88.6. The molecule has 62 heavy (non-hydrogen) atoms. The van der Waals surface area contributed by atoms with Crippen LogP contribution in [-0.2, 0) is 0 Å². The lowest BCUT2D eigenvalue weighted by molar-refractivity contribution is 1.28. The van der Waals surface area contributed by atoms with Gasteiger partial charge in [-0.15, -0.1) is 0 Å². The fourth-order valence-corrected chi connectivity index (χ4v) is 9.39. The summed E-state index contributed by atoms with van der Waals surface area (Å²) in [6.07, 6.45) is 0. The van der Waals surface area contributed by atoms with Crippen LogP contribution >= 0.6 is 0 Å². The number of aryl methyl sites for hydroxylation is 1. The van der Waals surface area contributed by atoms with E-state index in [1.165, 1.54) is 76.8 Å². The third kappa shape index (κ3) is 6.71. The molecular formula is C61H43N. The van der Waals surface area contributed by atoms with Gasteiger partial charge in [0.2, 0.25) is 0 Å². The van der Waals surface area contributed by atoms with Crippen LogP contribution in [0.3, 0.4) is 0 Å². The highest BCUT2D eigenvalue weighted by atomic mass is 15.1. The van der Waals surface area contributed by atoms with Gasteiger partial charge >= 0.3 is 0 Å². The SMILES string of the molecule is Cc1cc(-c2ccc(N(c3ccccc3-c3ccccc3)c3cc(-c4cc5ccccc5c5ccccc45)ccc3-c3ccccc3)cc2)ccc1-c1cccc2ccccc12. The van der Waals surface area contributed by atoms with Gasteiger partial charge in [0, 0.05) is 16.8 Å². The van der Waals surface area contributed by atoms with Crippen molar-refractivity contribution < 1.29 is 0 Å². The van der Waals surface area contributed by atoms with Gasteiger partial charge in [-0.1, -0.05) is 212 Å². The second-order valence-corrected chi connectivity index (χ2v) is 16.1. The molecule has 0 saturated carbocycles. The van der Waals surface area contributed by atoms with E-state index < -0.39 is 0 Å². The maximum absolute atomic E-state index is 2.47. The Morgan fingerprint density at radius 3 is 1.53 bits per heavy atom. The van der Waals surface area contributed by atoms with E-state index in [0.717, 1.165) is 33.8 Å². The van der Waals surface area contributed by atoms with Gasteiger partial charge in [0.05, 0.1) is 11.4 Å². The van der Waals surface area contributed by atoms with Gasteiger partial charge < -0.3 is 4.90 Å².